The Bertz CT molecular complexity index is 1030. The molecule has 0 radical (unpaired) electrons. The Morgan fingerprint density at radius 3 is 2.56 bits per heavy atom. The number of hydrogen-bond donors (Lipinski definition) is 1. The summed E-state index contributed by atoms with van der Waals surface area (Å²) >= 11 is 1.39. The van der Waals surface area contributed by atoms with E-state index >= 15 is 0 Å². The number of fused-ring (bicyclic) bond motifs is 1. The average molecular weight is 456 g/mol. The number of nitrogens with one attached hydrogen (secondary N) is 1. The third kappa shape index (κ3) is 4.53. The summed E-state index contributed by atoms with van der Waals surface area (Å²) in [7, 11) is 0. The summed E-state index contributed by atoms with van der Waals surface area (Å²) in [4.78, 5) is 41.8. The van der Waals surface area contributed by atoms with Gasteiger partial charge in [0.2, 0.25) is 16.9 Å². The lowest BCUT2D eigenvalue weighted by molar-refractivity contribution is -0.131. The van der Waals surface area contributed by atoms with Gasteiger partial charge in [0.25, 0.3) is 5.91 Å². The van der Waals surface area contributed by atoms with E-state index in [2.05, 4.69) is 29.4 Å². The summed E-state index contributed by atoms with van der Waals surface area (Å²) in [6, 6.07) is 7.59. The van der Waals surface area contributed by atoms with Crippen molar-refractivity contribution in [3.63, 3.8) is 0 Å². The van der Waals surface area contributed by atoms with E-state index in [1.807, 2.05) is 29.2 Å². The van der Waals surface area contributed by atoms with E-state index in [0.717, 1.165) is 17.0 Å². The van der Waals surface area contributed by atoms with Gasteiger partial charge in [-0.25, -0.2) is 0 Å². The number of carbonyl (C=O) groups excluding carboxylic acids is 3. The van der Waals surface area contributed by atoms with Gasteiger partial charge >= 0.3 is 0 Å². The fraction of sp³-hybridized carbons (Fsp3) is 0.522. The Balaban J connectivity index is 1.53. The molecule has 1 N–H and O–H groups in total. The molecule has 8 nitrogen and oxygen atoms in total. The number of piperidine rings is 1. The van der Waals surface area contributed by atoms with Crippen LogP contribution in [0.25, 0.3) is 0 Å². The van der Waals surface area contributed by atoms with Gasteiger partial charge in [-0.2, -0.15) is 0 Å². The zero-order valence-electron chi connectivity index (χ0n) is 18.8. The Morgan fingerprint density at radius 2 is 1.91 bits per heavy atom. The van der Waals surface area contributed by atoms with E-state index in [0.29, 0.717) is 49.1 Å². The molecular formula is C23H29N5O3S. The minimum atomic E-state index is -0.641. The summed E-state index contributed by atoms with van der Waals surface area (Å²) in [5.74, 6) is 0.256. The van der Waals surface area contributed by atoms with Crippen molar-refractivity contribution in [3.05, 3.63) is 40.4 Å². The number of carbonyl (C=O) groups is 3. The monoisotopic (exact) mass is 455 g/mol. The molecule has 0 atom stereocenters. The van der Waals surface area contributed by atoms with Gasteiger partial charge in [0, 0.05) is 38.5 Å². The van der Waals surface area contributed by atoms with Crippen LogP contribution in [0.4, 0.5) is 5.13 Å². The zero-order chi connectivity index (χ0) is 22.9. The van der Waals surface area contributed by atoms with Crippen LogP contribution in [0.2, 0.25) is 0 Å². The van der Waals surface area contributed by atoms with E-state index in [9.17, 15) is 14.4 Å². The SMILES string of the molecule is CC(=O)N1CCC(CC(=O)Nc2nnc(CC(C)C)s2)(N2Cc3ccccc3C2=O)CC1. The highest BCUT2D eigenvalue weighted by atomic mass is 32.1. The van der Waals surface area contributed by atoms with E-state index in [4.69, 9.17) is 0 Å². The largest absolute Gasteiger partial charge is 0.343 e. The fourth-order valence-electron chi connectivity index (χ4n) is 4.62. The fourth-order valence-corrected chi connectivity index (χ4v) is 5.58. The van der Waals surface area contributed by atoms with Crippen molar-refractivity contribution in [2.24, 2.45) is 5.92 Å². The standard InChI is InChI=1S/C23H29N5O3S/c1-15(2)12-20-25-26-22(32-20)24-19(30)13-23(8-10-27(11-9-23)16(3)29)28-14-17-6-4-5-7-18(17)21(28)31/h4-7,15H,8-14H2,1-3H3,(H,24,26,30). The minimum Gasteiger partial charge on any atom is -0.343 e. The summed E-state index contributed by atoms with van der Waals surface area (Å²) in [5.41, 5.74) is 1.04. The Kier molecular flexibility index (Phi) is 6.28. The smallest absolute Gasteiger partial charge is 0.254 e. The normalized spacial score (nSPS) is 17.6. The van der Waals surface area contributed by atoms with Gasteiger partial charge in [0.15, 0.2) is 0 Å². The molecule has 0 bridgehead atoms. The molecule has 170 valence electrons. The van der Waals surface area contributed by atoms with Gasteiger partial charge in [-0.15, -0.1) is 10.2 Å². The Morgan fingerprint density at radius 1 is 1.19 bits per heavy atom. The highest BCUT2D eigenvalue weighted by Gasteiger charge is 2.47. The van der Waals surface area contributed by atoms with Crippen LogP contribution in [-0.2, 0) is 22.6 Å². The highest BCUT2D eigenvalue weighted by Crippen LogP contribution is 2.39. The van der Waals surface area contributed by atoms with Crippen molar-refractivity contribution in [2.75, 3.05) is 18.4 Å². The van der Waals surface area contributed by atoms with Crippen molar-refractivity contribution >= 4 is 34.2 Å². The number of aromatic nitrogens is 2. The predicted molar refractivity (Wildman–Crippen MR) is 122 cm³/mol. The molecule has 3 amide bonds. The van der Waals surface area contributed by atoms with E-state index in [1.54, 1.807) is 11.8 Å². The summed E-state index contributed by atoms with van der Waals surface area (Å²) in [6.07, 6.45) is 2.11. The van der Waals surface area contributed by atoms with Gasteiger partial charge < -0.3 is 15.1 Å². The molecule has 1 aromatic carbocycles. The van der Waals surface area contributed by atoms with Crippen LogP contribution in [-0.4, -0.2) is 56.3 Å². The first-order chi connectivity index (χ1) is 15.3. The van der Waals surface area contributed by atoms with E-state index in [-0.39, 0.29) is 24.1 Å². The number of amides is 3. The van der Waals surface area contributed by atoms with Gasteiger partial charge in [0.1, 0.15) is 5.01 Å². The van der Waals surface area contributed by atoms with Crippen LogP contribution >= 0.6 is 11.3 Å². The zero-order valence-corrected chi connectivity index (χ0v) is 19.6. The summed E-state index contributed by atoms with van der Waals surface area (Å²) in [5, 5.41) is 12.5. The quantitative estimate of drug-likeness (QED) is 0.722. The summed E-state index contributed by atoms with van der Waals surface area (Å²) in [6.45, 7) is 7.32. The van der Waals surface area contributed by atoms with Crippen molar-refractivity contribution in [2.45, 2.75) is 58.5 Å². The lowest BCUT2D eigenvalue weighted by Crippen LogP contribution is -2.57. The molecule has 32 heavy (non-hydrogen) atoms. The van der Waals surface area contributed by atoms with Gasteiger partial charge in [0.05, 0.1) is 12.0 Å². The summed E-state index contributed by atoms with van der Waals surface area (Å²) < 4.78 is 0. The van der Waals surface area contributed by atoms with Crippen LogP contribution < -0.4 is 5.32 Å². The van der Waals surface area contributed by atoms with Crippen molar-refractivity contribution in [1.29, 1.82) is 0 Å². The number of benzene rings is 1. The number of rotatable bonds is 6. The first-order valence-electron chi connectivity index (χ1n) is 11.0. The average Bonchev–Trinajstić information content (AvgIpc) is 3.32. The molecule has 0 aliphatic carbocycles. The lowest BCUT2D eigenvalue weighted by atomic mass is 9.82. The molecule has 4 rings (SSSR count). The van der Waals surface area contributed by atoms with Crippen LogP contribution in [0.5, 0.6) is 0 Å². The molecule has 0 spiro atoms. The second-order valence-corrected chi connectivity index (χ2v) is 10.2. The lowest BCUT2D eigenvalue weighted by Gasteiger charge is -2.47. The second kappa shape index (κ2) is 8.97. The highest BCUT2D eigenvalue weighted by molar-refractivity contribution is 7.15. The first kappa shape index (κ1) is 22.4. The molecule has 2 aliphatic heterocycles. The molecule has 9 heteroatoms. The van der Waals surface area contributed by atoms with Gasteiger partial charge in [-0.1, -0.05) is 43.4 Å². The van der Waals surface area contributed by atoms with Crippen LogP contribution in [0.1, 0.15) is 61.0 Å². The molecule has 1 aromatic heterocycles. The molecule has 2 aliphatic rings. The molecule has 1 saturated heterocycles. The topological polar surface area (TPSA) is 95.5 Å². The van der Waals surface area contributed by atoms with Crippen molar-refractivity contribution < 1.29 is 14.4 Å². The minimum absolute atomic E-state index is 0.0191. The van der Waals surface area contributed by atoms with E-state index < -0.39 is 5.54 Å². The predicted octanol–water partition coefficient (Wildman–Crippen LogP) is 3.10. The second-order valence-electron chi connectivity index (χ2n) is 9.10. The maximum absolute atomic E-state index is 13.3. The number of nitrogens with zero attached hydrogens (tertiary/aromatic N) is 4. The van der Waals surface area contributed by atoms with E-state index in [1.165, 1.54) is 11.3 Å². The molecule has 0 unspecified atom stereocenters. The number of hydrogen-bond acceptors (Lipinski definition) is 6. The Hall–Kier alpha value is -2.81. The molecule has 0 saturated carbocycles. The third-order valence-electron chi connectivity index (χ3n) is 6.32. The van der Waals surface area contributed by atoms with Crippen molar-refractivity contribution in [3.8, 4) is 0 Å². The van der Waals surface area contributed by atoms with Crippen LogP contribution in [0.3, 0.4) is 0 Å². The third-order valence-corrected chi connectivity index (χ3v) is 7.18. The first-order valence-corrected chi connectivity index (χ1v) is 11.9. The maximum Gasteiger partial charge on any atom is 0.254 e. The molecular weight excluding hydrogens is 426 g/mol. The van der Waals surface area contributed by atoms with Gasteiger partial charge in [-0.3, -0.25) is 14.4 Å². The maximum atomic E-state index is 13.3. The van der Waals surface area contributed by atoms with Crippen LogP contribution in [0, 0.1) is 5.92 Å². The Labute approximate surface area is 192 Å². The molecule has 1 fully saturated rings. The molecule has 2 aromatic rings. The van der Waals surface area contributed by atoms with Gasteiger partial charge in [-0.05, 0) is 30.4 Å². The number of likely N-dealkylation sites (tertiary alicyclic amines) is 1. The van der Waals surface area contributed by atoms with Crippen LogP contribution in [0.15, 0.2) is 24.3 Å². The molecule has 3 heterocycles. The number of anilines is 1. The van der Waals surface area contributed by atoms with Crippen molar-refractivity contribution in [1.82, 2.24) is 20.0 Å².